The number of hydrogen-bond donors (Lipinski definition) is 5. The van der Waals surface area contributed by atoms with E-state index in [1.54, 1.807) is 5.48 Å². The van der Waals surface area contributed by atoms with Gasteiger partial charge in [-0.2, -0.15) is 0 Å². The molecule has 2 heterocycles. The predicted octanol–water partition coefficient (Wildman–Crippen LogP) is 1.94. The molecule has 10 heteroatoms. The van der Waals surface area contributed by atoms with E-state index in [9.17, 15) is 14.7 Å². The van der Waals surface area contributed by atoms with Crippen LogP contribution in [0.2, 0.25) is 0 Å². The minimum Gasteiger partial charge on any atom is -0.480 e. The van der Waals surface area contributed by atoms with E-state index in [2.05, 4.69) is 37.6 Å². The number of aliphatic carboxylic acids is 1. The normalized spacial score (nSPS) is 15.4. The van der Waals surface area contributed by atoms with E-state index in [0.717, 1.165) is 38.0 Å². The van der Waals surface area contributed by atoms with Gasteiger partial charge in [-0.1, -0.05) is 38.1 Å². The number of carbonyl (C=O) groups excluding carboxylic acids is 1. The van der Waals surface area contributed by atoms with Gasteiger partial charge in [0.1, 0.15) is 6.04 Å². The average molecular weight is 471 g/mol. The molecule has 2 aromatic rings. The van der Waals surface area contributed by atoms with Crippen molar-refractivity contribution in [2.24, 2.45) is 5.92 Å². The molecule has 1 aliphatic rings. The molecule has 0 spiro atoms. The molecule has 0 radical (unpaired) electrons. The van der Waals surface area contributed by atoms with Crippen LogP contribution in [-0.2, 0) is 17.9 Å². The van der Waals surface area contributed by atoms with Crippen molar-refractivity contribution in [1.29, 1.82) is 0 Å². The maximum absolute atomic E-state index is 11.4. The highest BCUT2D eigenvalue weighted by atomic mass is 16.5. The van der Waals surface area contributed by atoms with Gasteiger partial charge in [0.25, 0.3) is 5.91 Å². The largest absolute Gasteiger partial charge is 0.480 e. The number of nitrogens with one attached hydrogen (secondary N) is 3. The number of piperidine rings is 1. The first-order valence-electron chi connectivity index (χ1n) is 11.6. The van der Waals surface area contributed by atoms with Crippen LogP contribution in [-0.4, -0.2) is 57.3 Å². The summed E-state index contributed by atoms with van der Waals surface area (Å²) in [6.45, 7) is 6.98. The average Bonchev–Trinajstić information content (AvgIpc) is 2.85. The van der Waals surface area contributed by atoms with Crippen LogP contribution in [0.15, 0.2) is 36.7 Å². The lowest BCUT2D eigenvalue weighted by Crippen LogP contribution is -2.43. The molecule has 0 bridgehead atoms. The van der Waals surface area contributed by atoms with Crippen LogP contribution in [0.25, 0.3) is 0 Å². The molecule has 1 amide bonds. The molecule has 0 aliphatic carbocycles. The number of carboxylic acids is 1. The highest BCUT2D eigenvalue weighted by molar-refractivity contribution is 5.92. The monoisotopic (exact) mass is 470 g/mol. The second-order valence-electron chi connectivity index (χ2n) is 9.07. The molecular formula is C24H34N6O4. The lowest BCUT2D eigenvalue weighted by molar-refractivity contribution is -0.140. The van der Waals surface area contributed by atoms with Gasteiger partial charge in [-0.05, 0) is 36.3 Å². The van der Waals surface area contributed by atoms with Gasteiger partial charge in [0.15, 0.2) is 0 Å². The fourth-order valence-corrected chi connectivity index (χ4v) is 3.97. The van der Waals surface area contributed by atoms with Crippen molar-refractivity contribution in [3.05, 3.63) is 53.3 Å². The van der Waals surface area contributed by atoms with E-state index in [4.69, 9.17) is 5.21 Å². The van der Waals surface area contributed by atoms with E-state index in [0.29, 0.717) is 30.9 Å². The number of amides is 1. The fraction of sp³-hybridized carbons (Fsp3) is 0.500. The van der Waals surface area contributed by atoms with Crippen molar-refractivity contribution in [1.82, 2.24) is 26.1 Å². The Morgan fingerprint density at radius 1 is 1.06 bits per heavy atom. The number of carbonyl (C=O) groups is 2. The summed E-state index contributed by atoms with van der Waals surface area (Å²) in [6, 6.07) is 8.10. The number of carboxylic acid groups (broad SMARTS) is 1. The Bertz CT molecular complexity index is 927. The minimum atomic E-state index is -0.807. The highest BCUT2D eigenvalue weighted by Crippen LogP contribution is 2.17. The molecule has 1 aliphatic heterocycles. The minimum absolute atomic E-state index is 0.210. The van der Waals surface area contributed by atoms with Crippen LogP contribution in [0, 0.1) is 5.92 Å². The number of anilines is 1. The molecule has 0 unspecified atom stereocenters. The summed E-state index contributed by atoms with van der Waals surface area (Å²) >= 11 is 0. The second kappa shape index (κ2) is 12.4. The molecule has 10 nitrogen and oxygen atoms in total. The van der Waals surface area contributed by atoms with Gasteiger partial charge in [-0.15, -0.1) is 0 Å². The van der Waals surface area contributed by atoms with Crippen LogP contribution < -0.4 is 21.0 Å². The number of rotatable bonds is 11. The Balaban J connectivity index is 1.41. The number of aromatic nitrogens is 2. The van der Waals surface area contributed by atoms with Crippen molar-refractivity contribution >= 4 is 17.8 Å². The fourth-order valence-electron chi connectivity index (χ4n) is 3.97. The third-order valence-corrected chi connectivity index (χ3v) is 5.96. The maximum atomic E-state index is 11.4. The second-order valence-corrected chi connectivity index (χ2v) is 9.07. The van der Waals surface area contributed by atoms with Gasteiger partial charge >= 0.3 is 5.97 Å². The Labute approximate surface area is 199 Å². The molecule has 1 aromatic heterocycles. The predicted molar refractivity (Wildman–Crippen MR) is 128 cm³/mol. The van der Waals surface area contributed by atoms with E-state index in [-0.39, 0.29) is 5.56 Å². The quantitative estimate of drug-likeness (QED) is 0.246. The third-order valence-electron chi connectivity index (χ3n) is 5.96. The third kappa shape index (κ3) is 7.47. The van der Waals surface area contributed by atoms with Crippen LogP contribution in [0.4, 0.5) is 5.95 Å². The van der Waals surface area contributed by atoms with E-state index in [1.807, 2.05) is 26.0 Å². The van der Waals surface area contributed by atoms with Crippen molar-refractivity contribution in [3.63, 3.8) is 0 Å². The summed E-state index contributed by atoms with van der Waals surface area (Å²) in [4.78, 5) is 33.3. The summed E-state index contributed by atoms with van der Waals surface area (Å²) in [5, 5.41) is 24.8. The van der Waals surface area contributed by atoms with Gasteiger partial charge in [-0.25, -0.2) is 15.4 Å². The van der Waals surface area contributed by atoms with Gasteiger partial charge in [0.2, 0.25) is 5.95 Å². The van der Waals surface area contributed by atoms with Gasteiger partial charge in [0, 0.05) is 44.6 Å². The molecular weight excluding hydrogens is 436 g/mol. The zero-order valence-electron chi connectivity index (χ0n) is 19.7. The van der Waals surface area contributed by atoms with E-state index < -0.39 is 17.9 Å². The molecule has 0 saturated carbocycles. The standard InChI is InChI=1S/C24H34N6O4/c1-16(2)11-21(23(32)33)26-13-18-5-3-17(4-6-18)12-25-20-7-9-30(10-8-20)24-27-14-19(15-28-24)22(31)29-34/h3-6,14-16,20-21,25-26,34H,7-13H2,1-2H3,(H,29,31)(H,32,33)/t21-/m0/s1. The van der Waals surface area contributed by atoms with Crippen molar-refractivity contribution in [3.8, 4) is 0 Å². The van der Waals surface area contributed by atoms with E-state index >= 15 is 0 Å². The van der Waals surface area contributed by atoms with Crippen LogP contribution in [0.1, 0.15) is 54.6 Å². The molecule has 184 valence electrons. The van der Waals surface area contributed by atoms with Gasteiger partial charge in [-0.3, -0.25) is 14.8 Å². The van der Waals surface area contributed by atoms with E-state index in [1.165, 1.54) is 18.0 Å². The first-order valence-corrected chi connectivity index (χ1v) is 11.6. The summed E-state index contributed by atoms with van der Waals surface area (Å²) in [6.07, 6.45) is 5.33. The maximum Gasteiger partial charge on any atom is 0.320 e. The molecule has 34 heavy (non-hydrogen) atoms. The molecule has 3 rings (SSSR count). The molecule has 1 atom stereocenters. The lowest BCUT2D eigenvalue weighted by Gasteiger charge is -2.32. The van der Waals surface area contributed by atoms with Gasteiger partial charge in [0.05, 0.1) is 5.56 Å². The molecule has 5 N–H and O–H groups in total. The highest BCUT2D eigenvalue weighted by Gasteiger charge is 2.21. The Hall–Kier alpha value is -3.08. The van der Waals surface area contributed by atoms with Gasteiger partial charge < -0.3 is 20.6 Å². The smallest absolute Gasteiger partial charge is 0.320 e. The summed E-state index contributed by atoms with van der Waals surface area (Å²) in [5.41, 5.74) is 4.03. The Kier molecular flexibility index (Phi) is 9.32. The molecule has 1 saturated heterocycles. The molecule has 1 fully saturated rings. The first-order chi connectivity index (χ1) is 16.4. The van der Waals surface area contributed by atoms with Crippen molar-refractivity contribution in [2.45, 2.75) is 58.3 Å². The number of hydroxylamine groups is 1. The van der Waals surface area contributed by atoms with Crippen LogP contribution in [0.3, 0.4) is 0 Å². The Morgan fingerprint density at radius 3 is 2.18 bits per heavy atom. The van der Waals surface area contributed by atoms with Crippen LogP contribution >= 0.6 is 0 Å². The summed E-state index contributed by atoms with van der Waals surface area (Å²) in [5.74, 6) is -0.537. The lowest BCUT2D eigenvalue weighted by atomic mass is 10.0. The number of hydrogen-bond acceptors (Lipinski definition) is 8. The SMILES string of the molecule is CC(C)C[C@H](NCc1ccc(CNC2CCN(c3ncc(C(=O)NO)cn3)CC2)cc1)C(=O)O. The summed E-state index contributed by atoms with van der Waals surface area (Å²) < 4.78 is 0. The topological polar surface area (TPSA) is 140 Å². The zero-order valence-corrected chi connectivity index (χ0v) is 19.7. The van der Waals surface area contributed by atoms with Crippen molar-refractivity contribution in [2.75, 3.05) is 18.0 Å². The number of nitrogens with zero attached hydrogens (tertiary/aromatic N) is 3. The van der Waals surface area contributed by atoms with Crippen LogP contribution in [0.5, 0.6) is 0 Å². The molecule has 1 aromatic carbocycles. The summed E-state index contributed by atoms with van der Waals surface area (Å²) in [7, 11) is 0. The van der Waals surface area contributed by atoms with Crippen molar-refractivity contribution < 1.29 is 19.9 Å². The first kappa shape index (κ1) is 25.5. The Morgan fingerprint density at radius 2 is 1.65 bits per heavy atom. The zero-order chi connectivity index (χ0) is 24.5. The number of benzene rings is 1.